The molecule has 0 saturated heterocycles. The highest BCUT2D eigenvalue weighted by atomic mass is 16.1. The monoisotopic (exact) mass is 439 g/mol. The minimum atomic E-state index is -0.225. The molecular formula is C25H37N5O2. The van der Waals surface area contributed by atoms with Crippen LogP contribution in [0.1, 0.15) is 65.3 Å². The maximum absolute atomic E-state index is 12.9. The number of hydrogen-bond donors (Lipinski definition) is 3. The van der Waals surface area contributed by atoms with E-state index in [0.29, 0.717) is 29.1 Å². The van der Waals surface area contributed by atoms with E-state index in [1.54, 1.807) is 12.4 Å². The molecule has 0 bridgehead atoms. The van der Waals surface area contributed by atoms with Crippen LogP contribution in [0.4, 0.5) is 5.69 Å². The number of H-pyrrole nitrogens is 1. The number of nitrogens with zero attached hydrogens (tertiary/aromatic N) is 2. The molecule has 2 aromatic heterocycles. The first-order valence-electron chi connectivity index (χ1n) is 11.5. The van der Waals surface area contributed by atoms with Crippen molar-refractivity contribution in [2.45, 2.75) is 72.0 Å². The number of aromatic amines is 1. The fraction of sp³-hybridized carbons (Fsp3) is 0.560. The average Bonchev–Trinajstić information content (AvgIpc) is 2.74. The first kappa shape index (κ1) is 24.0. The van der Waals surface area contributed by atoms with Gasteiger partial charge in [-0.15, -0.1) is 0 Å². The van der Waals surface area contributed by atoms with Gasteiger partial charge in [0.25, 0.3) is 11.5 Å². The number of aromatic nitrogens is 2. The number of hydrogen-bond acceptors (Lipinski definition) is 5. The SMILES string of the molecule is Cc1cc(C)c(CNC(=O)c2cncc(NC(C)C3CCC(N(C)C)CC3)c2C)c(=O)[nH]1. The Kier molecular flexibility index (Phi) is 7.72. The van der Waals surface area contributed by atoms with Crippen molar-refractivity contribution >= 4 is 11.6 Å². The fourth-order valence-corrected chi connectivity index (χ4v) is 4.75. The van der Waals surface area contributed by atoms with E-state index < -0.39 is 0 Å². The van der Waals surface area contributed by atoms with E-state index in [1.807, 2.05) is 26.8 Å². The summed E-state index contributed by atoms with van der Waals surface area (Å²) in [5.74, 6) is 0.386. The van der Waals surface area contributed by atoms with Gasteiger partial charge in [-0.25, -0.2) is 0 Å². The van der Waals surface area contributed by atoms with Gasteiger partial charge in [-0.05, 0) is 90.6 Å². The lowest BCUT2D eigenvalue weighted by Gasteiger charge is -2.36. The molecule has 1 amide bonds. The maximum atomic E-state index is 12.9. The number of carbonyl (C=O) groups is 1. The molecule has 7 heteroatoms. The molecule has 3 N–H and O–H groups in total. The summed E-state index contributed by atoms with van der Waals surface area (Å²) in [6.45, 7) is 8.08. The first-order valence-corrected chi connectivity index (χ1v) is 11.5. The highest BCUT2D eigenvalue weighted by Crippen LogP contribution is 2.31. The van der Waals surface area contributed by atoms with E-state index in [4.69, 9.17) is 0 Å². The van der Waals surface area contributed by atoms with E-state index in [9.17, 15) is 9.59 Å². The Morgan fingerprint density at radius 1 is 1.19 bits per heavy atom. The van der Waals surface area contributed by atoms with Crippen LogP contribution in [-0.4, -0.2) is 47.0 Å². The van der Waals surface area contributed by atoms with Crippen LogP contribution in [-0.2, 0) is 6.54 Å². The molecule has 1 aliphatic carbocycles. The zero-order chi connectivity index (χ0) is 23.4. The highest BCUT2D eigenvalue weighted by Gasteiger charge is 2.26. The molecule has 0 aliphatic heterocycles. The summed E-state index contributed by atoms with van der Waals surface area (Å²) in [5, 5.41) is 6.49. The second-order valence-electron chi connectivity index (χ2n) is 9.45. The minimum absolute atomic E-state index is 0.161. The molecular weight excluding hydrogens is 402 g/mol. The molecule has 1 unspecified atom stereocenters. The largest absolute Gasteiger partial charge is 0.381 e. The maximum Gasteiger partial charge on any atom is 0.253 e. The van der Waals surface area contributed by atoms with Crippen molar-refractivity contribution < 1.29 is 4.79 Å². The van der Waals surface area contributed by atoms with E-state index >= 15 is 0 Å². The topological polar surface area (TPSA) is 90.1 Å². The lowest BCUT2D eigenvalue weighted by atomic mass is 9.81. The summed E-state index contributed by atoms with van der Waals surface area (Å²) < 4.78 is 0. The third-order valence-corrected chi connectivity index (χ3v) is 6.94. The number of carbonyl (C=O) groups excluding carboxylic acids is 1. The van der Waals surface area contributed by atoms with Crippen LogP contribution < -0.4 is 16.2 Å². The average molecular weight is 440 g/mol. The molecule has 7 nitrogen and oxygen atoms in total. The van der Waals surface area contributed by atoms with Crippen molar-refractivity contribution in [3.05, 3.63) is 56.8 Å². The Bertz CT molecular complexity index is 1010. The van der Waals surface area contributed by atoms with Gasteiger partial charge in [-0.1, -0.05) is 0 Å². The third kappa shape index (κ3) is 5.57. The van der Waals surface area contributed by atoms with Crippen LogP contribution >= 0.6 is 0 Å². The summed E-state index contributed by atoms with van der Waals surface area (Å²) in [7, 11) is 4.32. The van der Waals surface area contributed by atoms with Crippen molar-refractivity contribution in [1.82, 2.24) is 20.2 Å². The normalized spacial score (nSPS) is 19.6. The summed E-state index contributed by atoms with van der Waals surface area (Å²) in [5.41, 5.74) is 4.39. The van der Waals surface area contributed by atoms with Crippen LogP contribution in [0.2, 0.25) is 0 Å². The first-order chi connectivity index (χ1) is 15.2. The van der Waals surface area contributed by atoms with Crippen LogP contribution in [0.25, 0.3) is 0 Å². The van der Waals surface area contributed by atoms with Crippen molar-refractivity contribution in [1.29, 1.82) is 0 Å². The predicted octanol–water partition coefficient (Wildman–Crippen LogP) is 3.55. The third-order valence-electron chi connectivity index (χ3n) is 6.94. The summed E-state index contributed by atoms with van der Waals surface area (Å²) >= 11 is 0. The van der Waals surface area contributed by atoms with Gasteiger partial charge >= 0.3 is 0 Å². The molecule has 2 heterocycles. The molecule has 0 radical (unpaired) electrons. The van der Waals surface area contributed by atoms with Crippen LogP contribution in [0.5, 0.6) is 0 Å². The van der Waals surface area contributed by atoms with Crippen molar-refractivity contribution in [3.63, 3.8) is 0 Å². The van der Waals surface area contributed by atoms with Gasteiger partial charge in [0.05, 0.1) is 17.4 Å². The Labute approximate surface area is 191 Å². The van der Waals surface area contributed by atoms with E-state index in [0.717, 1.165) is 22.5 Å². The van der Waals surface area contributed by atoms with Crippen molar-refractivity contribution in [2.24, 2.45) is 5.92 Å². The fourth-order valence-electron chi connectivity index (χ4n) is 4.75. The Morgan fingerprint density at radius 3 is 2.50 bits per heavy atom. The van der Waals surface area contributed by atoms with E-state index in [1.165, 1.54) is 25.7 Å². The summed E-state index contributed by atoms with van der Waals surface area (Å²) in [6.07, 6.45) is 8.24. The zero-order valence-electron chi connectivity index (χ0n) is 20.2. The molecule has 1 saturated carbocycles. The summed E-state index contributed by atoms with van der Waals surface area (Å²) in [4.78, 5) is 34.5. The molecule has 174 valence electrons. The van der Waals surface area contributed by atoms with Crippen LogP contribution in [0.3, 0.4) is 0 Å². The lowest BCUT2D eigenvalue weighted by Crippen LogP contribution is -2.36. The van der Waals surface area contributed by atoms with Crippen molar-refractivity contribution in [2.75, 3.05) is 19.4 Å². The predicted molar refractivity (Wildman–Crippen MR) is 129 cm³/mol. The number of pyridine rings is 2. The Morgan fingerprint density at radius 2 is 1.88 bits per heavy atom. The molecule has 3 rings (SSSR count). The van der Waals surface area contributed by atoms with E-state index in [-0.39, 0.29) is 18.0 Å². The van der Waals surface area contributed by atoms with Crippen LogP contribution in [0, 0.1) is 26.7 Å². The van der Waals surface area contributed by atoms with Gasteiger partial charge in [-0.2, -0.15) is 0 Å². The van der Waals surface area contributed by atoms with Gasteiger partial charge in [0, 0.05) is 36.1 Å². The smallest absolute Gasteiger partial charge is 0.253 e. The summed E-state index contributed by atoms with van der Waals surface area (Å²) in [6, 6.07) is 2.90. The van der Waals surface area contributed by atoms with Gasteiger partial charge < -0.3 is 20.5 Å². The van der Waals surface area contributed by atoms with Crippen molar-refractivity contribution in [3.8, 4) is 0 Å². The Hall–Kier alpha value is -2.67. The van der Waals surface area contributed by atoms with Gasteiger partial charge in [-0.3, -0.25) is 14.6 Å². The number of nitrogens with one attached hydrogen (secondary N) is 3. The van der Waals surface area contributed by atoms with E-state index in [2.05, 4.69) is 46.5 Å². The van der Waals surface area contributed by atoms with Gasteiger partial charge in [0.2, 0.25) is 0 Å². The number of aryl methyl sites for hydroxylation is 2. The van der Waals surface area contributed by atoms with Gasteiger partial charge in [0.1, 0.15) is 0 Å². The number of anilines is 1. The zero-order valence-corrected chi connectivity index (χ0v) is 20.2. The molecule has 1 aliphatic rings. The molecule has 32 heavy (non-hydrogen) atoms. The van der Waals surface area contributed by atoms with Crippen LogP contribution in [0.15, 0.2) is 23.3 Å². The molecule has 0 spiro atoms. The second-order valence-corrected chi connectivity index (χ2v) is 9.45. The minimum Gasteiger partial charge on any atom is -0.381 e. The lowest BCUT2D eigenvalue weighted by molar-refractivity contribution is 0.0950. The highest BCUT2D eigenvalue weighted by molar-refractivity contribution is 5.96. The molecule has 2 aromatic rings. The Balaban J connectivity index is 1.65. The molecule has 1 fully saturated rings. The second kappa shape index (κ2) is 10.3. The van der Waals surface area contributed by atoms with Gasteiger partial charge in [0.15, 0.2) is 0 Å². The molecule has 0 aromatic carbocycles. The number of rotatable bonds is 7. The standard InChI is InChI=1S/C25H37N5O2/c1-15-11-16(2)28-25(32)21(15)13-27-24(31)22-12-26-14-23(17(22)3)29-18(4)19-7-9-20(10-8-19)30(5)6/h11-12,14,18-20,29H,7-10,13H2,1-6H3,(H,27,31)(H,28,32). The quantitative estimate of drug-likeness (QED) is 0.614. The molecule has 1 atom stereocenters. The number of amides is 1.